The zero-order chi connectivity index (χ0) is 32.6. The van der Waals surface area contributed by atoms with E-state index in [0.717, 1.165) is 0 Å². The molecule has 0 unspecified atom stereocenters. The summed E-state index contributed by atoms with van der Waals surface area (Å²) in [7, 11) is 0. The first-order valence-electron chi connectivity index (χ1n) is 14.5. The third-order valence-electron chi connectivity index (χ3n) is 5.96. The minimum atomic E-state index is -0.0833. The normalized spacial score (nSPS) is 9.64. The van der Waals surface area contributed by atoms with E-state index in [0.29, 0.717) is 0 Å². The summed E-state index contributed by atoms with van der Waals surface area (Å²) in [6, 6.07) is 43.1. The molecule has 0 aliphatic heterocycles. The van der Waals surface area contributed by atoms with Crippen molar-refractivity contribution in [1.29, 1.82) is 0 Å². The van der Waals surface area contributed by atoms with Crippen LogP contribution in [0.2, 0.25) is 0 Å². The van der Waals surface area contributed by atoms with Crippen LogP contribution < -0.4 is 10.2 Å². The predicted octanol–water partition coefficient (Wildman–Crippen LogP) is 9.57. The molecule has 0 spiro atoms. The van der Waals surface area contributed by atoms with Crippen LogP contribution in [0.5, 0.6) is 0 Å². The molecule has 6 aromatic carbocycles. The molecule has 0 aromatic heterocycles. The van der Waals surface area contributed by atoms with E-state index < -0.39 is 0 Å². The van der Waals surface area contributed by atoms with Crippen LogP contribution in [-0.2, 0) is 20.0 Å². The van der Waals surface area contributed by atoms with Gasteiger partial charge >= 0.3 is 37.6 Å². The average Bonchev–Trinajstić information content (AvgIpc) is 3.54. The minimum Gasteiger partial charge on any atom is -0.165 e. The molecule has 0 atom stereocenters. The third-order valence-corrected chi connectivity index (χ3v) is 5.96. The van der Waals surface area contributed by atoms with Gasteiger partial charge in [-0.25, -0.2) is 0 Å². The van der Waals surface area contributed by atoms with Gasteiger partial charge in [0.15, 0.2) is 0 Å². The summed E-state index contributed by atoms with van der Waals surface area (Å²) in [5, 5.41) is 24.0. The first kappa shape index (κ1) is 36.0. The molecule has 0 saturated heterocycles. The van der Waals surface area contributed by atoms with Crippen LogP contribution in [0.25, 0.3) is 43.8 Å². The Labute approximate surface area is 275 Å². The summed E-state index contributed by atoms with van der Waals surface area (Å²) in [5.74, 6) is -0.167. The van der Waals surface area contributed by atoms with E-state index in [2.05, 4.69) is 182 Å². The van der Waals surface area contributed by atoms with E-state index in [1.807, 2.05) is 0 Å². The van der Waals surface area contributed by atoms with Crippen LogP contribution in [0.3, 0.4) is 0 Å². The van der Waals surface area contributed by atoms with E-state index in [4.69, 9.17) is 0 Å². The van der Waals surface area contributed by atoms with Gasteiger partial charge in [0.05, 0.1) is 0 Å². The first-order chi connectivity index (χ1) is 20.9. The number of allylic oxidation sites excluding steroid dienone is 2. The fourth-order valence-corrected chi connectivity index (χ4v) is 4.51. The largest absolute Gasteiger partial charge is 0.165 e. The van der Waals surface area contributed by atoms with Gasteiger partial charge in [-0.2, -0.15) is 12.1 Å². The molecule has 0 aliphatic rings. The summed E-state index contributed by atoms with van der Waals surface area (Å²) in [6.07, 6.45) is 0. The Morgan fingerprint density at radius 1 is 0.545 bits per heavy atom. The maximum absolute atomic E-state index is 9.33. The van der Waals surface area contributed by atoms with Crippen molar-refractivity contribution in [2.75, 3.05) is 0 Å². The molecule has 6 rings (SSSR count). The molecule has 0 heterocycles. The van der Waals surface area contributed by atoms with Gasteiger partial charge in [0, 0.05) is 0 Å². The second-order valence-corrected chi connectivity index (χ2v) is 12.4. The standard InChI is InChI=1S/2C16H13.2C3H6O.C3H6.Ti/c2*1-12-10-14-8-5-9-15(16(14)11-12)13-6-3-2-4-7-13;2*1-3(2)4;1-3-2;/h2*2-11H,1H3;2*4H,1H2,2H3;1-2H3;/q2*-1;;;;+2/p-2. The fourth-order valence-electron chi connectivity index (χ4n) is 4.51. The molecule has 0 fully saturated rings. The molecular weight excluding hydrogens is 572 g/mol. The Morgan fingerprint density at radius 2 is 0.841 bits per heavy atom. The van der Waals surface area contributed by atoms with E-state index >= 15 is 0 Å². The van der Waals surface area contributed by atoms with Crippen molar-refractivity contribution in [2.24, 2.45) is 0 Å². The van der Waals surface area contributed by atoms with Crippen LogP contribution in [0.1, 0.15) is 38.8 Å². The molecule has 0 amide bonds. The summed E-state index contributed by atoms with van der Waals surface area (Å²) in [5.41, 5.74) is 7.89. The molecule has 44 heavy (non-hydrogen) atoms. The van der Waals surface area contributed by atoms with E-state index in [-0.39, 0.29) is 11.5 Å². The Bertz CT molecular complexity index is 1610. The molecular formula is C41H42O2Ti-2. The summed E-state index contributed by atoms with van der Waals surface area (Å²) in [6.45, 7) is 17.3. The van der Waals surface area contributed by atoms with Crippen LogP contribution >= 0.6 is 0 Å². The third kappa shape index (κ3) is 12.6. The Hall–Kier alpha value is -4.24. The van der Waals surface area contributed by atoms with Crippen molar-refractivity contribution in [3.05, 3.63) is 157 Å². The second kappa shape index (κ2) is 18.4. The number of rotatable bonds is 2. The van der Waals surface area contributed by atoms with Crippen molar-refractivity contribution in [1.82, 2.24) is 0 Å². The van der Waals surface area contributed by atoms with Crippen molar-refractivity contribution < 1.29 is 30.2 Å². The zero-order valence-corrected chi connectivity index (χ0v) is 28.3. The Morgan fingerprint density at radius 3 is 1.14 bits per heavy atom. The van der Waals surface area contributed by atoms with Gasteiger partial charge in [-0.3, -0.25) is 0 Å². The Kier molecular flexibility index (Phi) is 15.1. The zero-order valence-electron chi connectivity index (χ0n) is 26.8. The van der Waals surface area contributed by atoms with Crippen LogP contribution in [0, 0.1) is 13.8 Å². The van der Waals surface area contributed by atoms with E-state index in [9.17, 15) is 10.2 Å². The number of benzene rings is 4. The molecule has 3 heteroatoms. The first-order valence-corrected chi connectivity index (χ1v) is 15.3. The minimum absolute atomic E-state index is 0.0833. The van der Waals surface area contributed by atoms with Crippen LogP contribution in [0.4, 0.5) is 0 Å². The number of hydrogen-bond donors (Lipinski definition) is 0. The van der Waals surface area contributed by atoms with E-state index in [1.54, 1.807) is 0 Å². The smallest absolute Gasteiger partial charge is 0.0279 e. The van der Waals surface area contributed by atoms with Gasteiger partial charge in [-0.15, -0.1) is 93.7 Å². The molecule has 0 N–H and O–H groups in total. The van der Waals surface area contributed by atoms with Gasteiger partial charge in [0.1, 0.15) is 0 Å². The van der Waals surface area contributed by atoms with Crippen LogP contribution in [-0.4, -0.2) is 3.81 Å². The van der Waals surface area contributed by atoms with Gasteiger partial charge < -0.3 is 10.2 Å². The number of fused-ring (bicyclic) bond motifs is 2. The molecule has 2 nitrogen and oxygen atoms in total. The summed E-state index contributed by atoms with van der Waals surface area (Å²) >= 11 is 2.08. The van der Waals surface area contributed by atoms with Crippen molar-refractivity contribution in [3.63, 3.8) is 0 Å². The quantitative estimate of drug-likeness (QED) is 0.111. The summed E-state index contributed by atoms with van der Waals surface area (Å²) < 4.78 is 1.42. The van der Waals surface area contributed by atoms with Gasteiger partial charge in [0.25, 0.3) is 0 Å². The topological polar surface area (TPSA) is 46.1 Å². The maximum Gasteiger partial charge on any atom is -0.0279 e. The molecule has 0 bridgehead atoms. The second-order valence-electron chi connectivity index (χ2n) is 10.8. The van der Waals surface area contributed by atoms with Gasteiger partial charge in [0.2, 0.25) is 0 Å². The maximum atomic E-state index is 9.33. The SMILES string of the molecule is C=C(C)[O-].C=C(C)[O-].C[C](C)=[Ti+2].Cc1cc2c(-c3ccccc3)cccc2[cH-]1.Cc1cc2c(-c3ccccc3)cccc2[cH-]1. The summed E-state index contributed by atoms with van der Waals surface area (Å²) in [4.78, 5) is 0. The molecule has 0 aliphatic carbocycles. The average molecular weight is 615 g/mol. The Balaban J connectivity index is 0.000000227. The number of hydrogen-bond acceptors (Lipinski definition) is 2. The van der Waals surface area contributed by atoms with Crippen molar-refractivity contribution in [2.45, 2.75) is 41.5 Å². The van der Waals surface area contributed by atoms with Gasteiger partial charge in [-0.1, -0.05) is 112 Å². The van der Waals surface area contributed by atoms with E-state index in [1.165, 1.54) is 72.6 Å². The monoisotopic (exact) mass is 614 g/mol. The molecule has 0 radical (unpaired) electrons. The van der Waals surface area contributed by atoms with Crippen molar-refractivity contribution >= 4 is 25.4 Å². The van der Waals surface area contributed by atoms with Crippen LogP contribution in [0.15, 0.2) is 146 Å². The molecule has 224 valence electrons. The fraction of sp³-hybridized carbons (Fsp3) is 0.146. The molecule has 6 aromatic rings. The molecule has 0 saturated carbocycles. The van der Waals surface area contributed by atoms with Gasteiger partial charge in [-0.05, 0) is 11.1 Å². The van der Waals surface area contributed by atoms with Crippen molar-refractivity contribution in [3.8, 4) is 22.3 Å². The number of aryl methyl sites for hydroxylation is 2. The predicted molar refractivity (Wildman–Crippen MR) is 185 cm³/mol.